The summed E-state index contributed by atoms with van der Waals surface area (Å²) in [5, 5.41) is 12.0. The lowest BCUT2D eigenvalue weighted by Gasteiger charge is -2.15. The molecular formula is C16H23NO4S. The highest BCUT2D eigenvalue weighted by Gasteiger charge is 2.20. The predicted molar refractivity (Wildman–Crippen MR) is 88.4 cm³/mol. The van der Waals surface area contributed by atoms with Crippen LogP contribution in [0.1, 0.15) is 18.9 Å². The molecule has 0 radical (unpaired) electrons. The fourth-order valence-corrected chi connectivity index (χ4v) is 2.70. The van der Waals surface area contributed by atoms with Crippen LogP contribution < -0.4 is 10.1 Å². The summed E-state index contributed by atoms with van der Waals surface area (Å²) in [4.78, 5) is 23.0. The Morgan fingerprint density at radius 1 is 1.36 bits per heavy atom. The number of thioether (sulfide) groups is 1. The smallest absolute Gasteiger partial charge is 0.308 e. The molecule has 1 aromatic rings. The van der Waals surface area contributed by atoms with Crippen LogP contribution in [0.5, 0.6) is 5.75 Å². The first-order chi connectivity index (χ1) is 10.6. The summed E-state index contributed by atoms with van der Waals surface area (Å²) in [7, 11) is 1.56. The zero-order valence-electron chi connectivity index (χ0n) is 13.0. The fourth-order valence-electron chi connectivity index (χ4n) is 1.98. The number of carbonyl (C=O) groups excluding carboxylic acids is 1. The number of hydrogen-bond acceptors (Lipinski definition) is 4. The third-order valence-corrected chi connectivity index (χ3v) is 4.30. The van der Waals surface area contributed by atoms with Crippen LogP contribution in [0.4, 0.5) is 0 Å². The van der Waals surface area contributed by atoms with Crippen LogP contribution in [-0.2, 0) is 16.0 Å². The summed E-state index contributed by atoms with van der Waals surface area (Å²) in [6.07, 6.45) is 1.34. The lowest BCUT2D eigenvalue weighted by molar-refractivity contribution is -0.141. The van der Waals surface area contributed by atoms with Gasteiger partial charge >= 0.3 is 5.97 Å². The second-order valence-electron chi connectivity index (χ2n) is 4.91. The van der Waals surface area contributed by atoms with E-state index in [-0.39, 0.29) is 12.5 Å². The number of carboxylic acids is 1. The number of amides is 1. The van der Waals surface area contributed by atoms with Crippen LogP contribution in [0.15, 0.2) is 24.3 Å². The van der Waals surface area contributed by atoms with E-state index < -0.39 is 11.9 Å². The van der Waals surface area contributed by atoms with E-state index in [2.05, 4.69) is 12.2 Å². The van der Waals surface area contributed by atoms with Gasteiger partial charge in [-0.1, -0.05) is 25.1 Å². The van der Waals surface area contributed by atoms with E-state index in [1.807, 2.05) is 18.2 Å². The van der Waals surface area contributed by atoms with Crippen LogP contribution in [0.3, 0.4) is 0 Å². The van der Waals surface area contributed by atoms with Gasteiger partial charge in [-0.05, 0) is 30.2 Å². The zero-order chi connectivity index (χ0) is 16.4. The average Bonchev–Trinajstić information content (AvgIpc) is 2.51. The van der Waals surface area contributed by atoms with Gasteiger partial charge in [-0.25, -0.2) is 0 Å². The summed E-state index contributed by atoms with van der Waals surface area (Å²) in [6.45, 7) is 2.18. The molecule has 0 heterocycles. The normalized spacial score (nSPS) is 11.7. The van der Waals surface area contributed by atoms with Crippen LogP contribution in [0.2, 0.25) is 0 Å². The number of carbonyl (C=O) groups is 2. The largest absolute Gasteiger partial charge is 0.496 e. The molecule has 0 fully saturated rings. The van der Waals surface area contributed by atoms with Crippen molar-refractivity contribution in [2.75, 3.05) is 25.2 Å². The van der Waals surface area contributed by atoms with Gasteiger partial charge in [-0.15, -0.1) is 0 Å². The first kappa shape index (κ1) is 18.4. The van der Waals surface area contributed by atoms with E-state index >= 15 is 0 Å². The van der Waals surface area contributed by atoms with Gasteiger partial charge in [0.1, 0.15) is 5.75 Å². The minimum absolute atomic E-state index is 0.121. The van der Waals surface area contributed by atoms with Crippen LogP contribution >= 0.6 is 11.8 Å². The average molecular weight is 325 g/mol. The Morgan fingerprint density at radius 3 is 2.73 bits per heavy atom. The van der Waals surface area contributed by atoms with E-state index in [1.54, 1.807) is 24.9 Å². The number of methoxy groups -OCH3 is 1. The van der Waals surface area contributed by atoms with Gasteiger partial charge in [0.15, 0.2) is 0 Å². The van der Waals surface area contributed by atoms with Crippen molar-refractivity contribution in [2.45, 2.75) is 19.8 Å². The summed E-state index contributed by atoms with van der Waals surface area (Å²) >= 11 is 1.55. The molecule has 0 saturated heterocycles. The van der Waals surface area contributed by atoms with Crippen molar-refractivity contribution in [1.82, 2.24) is 5.32 Å². The van der Waals surface area contributed by atoms with Gasteiger partial charge < -0.3 is 15.2 Å². The highest BCUT2D eigenvalue weighted by molar-refractivity contribution is 7.99. The van der Waals surface area contributed by atoms with E-state index in [0.29, 0.717) is 17.9 Å². The van der Waals surface area contributed by atoms with Crippen LogP contribution in [0, 0.1) is 5.92 Å². The lowest BCUT2D eigenvalue weighted by atomic mass is 9.98. The molecule has 1 rings (SSSR count). The van der Waals surface area contributed by atoms with Crippen molar-refractivity contribution in [2.24, 2.45) is 5.92 Å². The molecule has 22 heavy (non-hydrogen) atoms. The molecule has 6 heteroatoms. The molecule has 5 nitrogen and oxygen atoms in total. The Hall–Kier alpha value is -1.69. The molecule has 0 aliphatic rings. The minimum Gasteiger partial charge on any atom is -0.496 e. The predicted octanol–water partition coefficient (Wildman–Crippen LogP) is 2.20. The summed E-state index contributed by atoms with van der Waals surface area (Å²) < 4.78 is 5.23. The number of hydrogen-bond donors (Lipinski definition) is 2. The molecule has 1 atom stereocenters. The van der Waals surface area contributed by atoms with Gasteiger partial charge in [0.25, 0.3) is 0 Å². The van der Waals surface area contributed by atoms with E-state index in [9.17, 15) is 14.7 Å². The first-order valence-electron chi connectivity index (χ1n) is 7.27. The van der Waals surface area contributed by atoms with Gasteiger partial charge in [0, 0.05) is 6.54 Å². The summed E-state index contributed by atoms with van der Waals surface area (Å²) in [6, 6.07) is 7.32. The summed E-state index contributed by atoms with van der Waals surface area (Å²) in [5.74, 6) is 0.249. The number of nitrogens with one attached hydrogen (secondary N) is 1. The molecule has 0 spiro atoms. The molecular weight excluding hydrogens is 302 g/mol. The molecule has 122 valence electrons. The number of rotatable bonds is 10. The SMILES string of the molecule is CCCSCC(=O)NCC(Cc1ccccc1OC)C(=O)O. The fraction of sp³-hybridized carbons (Fsp3) is 0.500. The van der Waals surface area contributed by atoms with E-state index in [0.717, 1.165) is 17.7 Å². The third-order valence-electron chi connectivity index (χ3n) is 3.14. The van der Waals surface area contributed by atoms with Crippen molar-refractivity contribution >= 4 is 23.6 Å². The van der Waals surface area contributed by atoms with E-state index in [1.165, 1.54) is 0 Å². The summed E-state index contributed by atoms with van der Waals surface area (Å²) in [5.41, 5.74) is 0.826. The number of benzene rings is 1. The molecule has 1 amide bonds. The Labute approximate surface area is 135 Å². The van der Waals surface area contributed by atoms with Crippen molar-refractivity contribution in [3.63, 3.8) is 0 Å². The molecule has 0 aliphatic carbocycles. The molecule has 0 saturated carbocycles. The Morgan fingerprint density at radius 2 is 2.09 bits per heavy atom. The van der Waals surface area contributed by atoms with Gasteiger partial charge in [0.05, 0.1) is 18.8 Å². The van der Waals surface area contributed by atoms with Crippen LogP contribution in [-0.4, -0.2) is 42.1 Å². The van der Waals surface area contributed by atoms with Crippen LogP contribution in [0.25, 0.3) is 0 Å². The highest BCUT2D eigenvalue weighted by atomic mass is 32.2. The second kappa shape index (κ2) is 10.1. The highest BCUT2D eigenvalue weighted by Crippen LogP contribution is 2.21. The third kappa shape index (κ3) is 6.39. The standard InChI is InChI=1S/C16H23NO4S/c1-3-8-22-11-15(18)17-10-13(16(19)20)9-12-6-4-5-7-14(12)21-2/h4-7,13H,3,8-11H2,1-2H3,(H,17,18)(H,19,20). The maximum atomic E-state index is 11.7. The van der Waals surface area contributed by atoms with Gasteiger partial charge in [-0.3, -0.25) is 9.59 Å². The van der Waals surface area contributed by atoms with Gasteiger partial charge in [-0.2, -0.15) is 11.8 Å². The lowest BCUT2D eigenvalue weighted by Crippen LogP contribution is -2.35. The monoisotopic (exact) mass is 325 g/mol. The van der Waals surface area contributed by atoms with Crippen molar-refractivity contribution < 1.29 is 19.4 Å². The molecule has 1 aromatic carbocycles. The topological polar surface area (TPSA) is 75.6 Å². The van der Waals surface area contributed by atoms with E-state index in [4.69, 9.17) is 4.74 Å². The number of ether oxygens (including phenoxy) is 1. The maximum absolute atomic E-state index is 11.7. The zero-order valence-corrected chi connectivity index (χ0v) is 13.8. The quantitative estimate of drug-likeness (QED) is 0.645. The Bertz CT molecular complexity index is 493. The van der Waals surface area contributed by atoms with Crippen molar-refractivity contribution in [1.29, 1.82) is 0 Å². The minimum atomic E-state index is -0.924. The molecule has 0 aromatic heterocycles. The maximum Gasteiger partial charge on any atom is 0.308 e. The molecule has 1 unspecified atom stereocenters. The van der Waals surface area contributed by atoms with Gasteiger partial charge in [0.2, 0.25) is 5.91 Å². The molecule has 0 aliphatic heterocycles. The number of carboxylic acid groups (broad SMARTS) is 1. The Balaban J connectivity index is 2.55. The second-order valence-corrected chi connectivity index (χ2v) is 6.01. The molecule has 0 bridgehead atoms. The number of para-hydroxylation sites is 1. The number of aliphatic carboxylic acids is 1. The Kier molecular flexibility index (Phi) is 8.43. The first-order valence-corrected chi connectivity index (χ1v) is 8.43. The van der Waals surface area contributed by atoms with Crippen molar-refractivity contribution in [3.05, 3.63) is 29.8 Å². The van der Waals surface area contributed by atoms with Crippen molar-refractivity contribution in [3.8, 4) is 5.75 Å². The molecule has 2 N–H and O–H groups in total.